The molecule has 0 aliphatic heterocycles. The van der Waals surface area contributed by atoms with Crippen molar-refractivity contribution in [3.63, 3.8) is 0 Å². The van der Waals surface area contributed by atoms with Gasteiger partial charge in [-0.05, 0) is 35.7 Å². The number of ether oxygens (including phenoxy) is 2. The molecule has 0 atom stereocenters. The zero-order valence-electron chi connectivity index (χ0n) is 9.69. The Kier molecular flexibility index (Phi) is 2.87. The zero-order chi connectivity index (χ0) is 12.4. The quantitative estimate of drug-likeness (QED) is 0.636. The van der Waals surface area contributed by atoms with Crippen LogP contribution >= 0.6 is 0 Å². The van der Waals surface area contributed by atoms with Crippen molar-refractivity contribution in [3.05, 3.63) is 35.9 Å². The van der Waals surface area contributed by atoms with Crippen molar-refractivity contribution in [1.29, 1.82) is 0 Å². The summed E-state index contributed by atoms with van der Waals surface area (Å²) < 4.78 is 9.86. The molecule has 2 rings (SSSR count). The standard InChI is InChI=1S/C13H13NO3/c1-16-8-3-4-9-10(13(15)17-2)5-6-12(14)11(9)7-8/h3-7H,14H2,1-2H3. The molecule has 0 heterocycles. The Morgan fingerprint density at radius 3 is 2.53 bits per heavy atom. The molecule has 17 heavy (non-hydrogen) atoms. The first-order valence-electron chi connectivity index (χ1n) is 5.12. The number of fused-ring (bicyclic) bond motifs is 1. The number of hydrogen-bond acceptors (Lipinski definition) is 4. The van der Waals surface area contributed by atoms with E-state index in [9.17, 15) is 4.79 Å². The summed E-state index contributed by atoms with van der Waals surface area (Å²) in [5.41, 5.74) is 6.99. The van der Waals surface area contributed by atoms with E-state index in [1.807, 2.05) is 0 Å². The van der Waals surface area contributed by atoms with Crippen molar-refractivity contribution in [1.82, 2.24) is 0 Å². The molecule has 2 aromatic rings. The van der Waals surface area contributed by atoms with Crippen molar-refractivity contribution in [2.75, 3.05) is 20.0 Å². The minimum absolute atomic E-state index is 0.375. The van der Waals surface area contributed by atoms with Gasteiger partial charge in [-0.1, -0.05) is 0 Å². The summed E-state index contributed by atoms with van der Waals surface area (Å²) in [4.78, 5) is 11.6. The summed E-state index contributed by atoms with van der Waals surface area (Å²) in [6, 6.07) is 8.74. The fraction of sp³-hybridized carbons (Fsp3) is 0.154. The van der Waals surface area contributed by atoms with Crippen LogP contribution in [0.3, 0.4) is 0 Å². The Morgan fingerprint density at radius 1 is 1.12 bits per heavy atom. The Labute approximate surface area is 98.9 Å². The van der Waals surface area contributed by atoms with Gasteiger partial charge < -0.3 is 15.2 Å². The number of hydrogen-bond donors (Lipinski definition) is 1. The molecule has 0 spiro atoms. The first-order chi connectivity index (χ1) is 8.17. The predicted octanol–water partition coefficient (Wildman–Crippen LogP) is 2.22. The van der Waals surface area contributed by atoms with Crippen LogP contribution in [0, 0.1) is 0 Å². The van der Waals surface area contributed by atoms with Crippen LogP contribution in [-0.2, 0) is 4.74 Å². The normalized spacial score (nSPS) is 10.2. The Morgan fingerprint density at radius 2 is 1.88 bits per heavy atom. The lowest BCUT2D eigenvalue weighted by Gasteiger charge is -2.08. The summed E-state index contributed by atoms with van der Waals surface area (Å²) in [7, 11) is 2.94. The molecule has 0 aliphatic rings. The van der Waals surface area contributed by atoms with E-state index in [4.69, 9.17) is 15.2 Å². The highest BCUT2D eigenvalue weighted by atomic mass is 16.5. The first kappa shape index (κ1) is 11.3. The molecular formula is C13H13NO3. The smallest absolute Gasteiger partial charge is 0.338 e. The van der Waals surface area contributed by atoms with Gasteiger partial charge in [0.2, 0.25) is 0 Å². The SMILES string of the molecule is COC(=O)c1ccc(N)c2cc(OC)ccc12. The van der Waals surface area contributed by atoms with Crippen LogP contribution < -0.4 is 10.5 Å². The monoisotopic (exact) mass is 231 g/mol. The zero-order valence-corrected chi connectivity index (χ0v) is 9.69. The van der Waals surface area contributed by atoms with Crippen LogP contribution in [0.2, 0.25) is 0 Å². The van der Waals surface area contributed by atoms with Gasteiger partial charge in [0.25, 0.3) is 0 Å². The summed E-state index contributed by atoms with van der Waals surface area (Å²) in [5, 5.41) is 1.55. The highest BCUT2D eigenvalue weighted by Crippen LogP contribution is 2.28. The molecule has 2 aromatic carbocycles. The Bertz CT molecular complexity index is 578. The lowest BCUT2D eigenvalue weighted by atomic mass is 10.0. The van der Waals surface area contributed by atoms with E-state index in [1.54, 1.807) is 37.4 Å². The third-order valence-corrected chi connectivity index (χ3v) is 2.66. The molecule has 0 amide bonds. The fourth-order valence-corrected chi connectivity index (χ4v) is 1.76. The Hall–Kier alpha value is -2.23. The number of nitrogens with two attached hydrogens (primary N) is 1. The Balaban J connectivity index is 2.73. The van der Waals surface area contributed by atoms with E-state index in [0.717, 1.165) is 10.8 Å². The molecule has 0 radical (unpaired) electrons. The summed E-state index contributed by atoms with van der Waals surface area (Å²) in [6.45, 7) is 0. The molecular weight excluding hydrogens is 218 g/mol. The lowest BCUT2D eigenvalue weighted by molar-refractivity contribution is 0.0603. The topological polar surface area (TPSA) is 61.5 Å². The van der Waals surface area contributed by atoms with Crippen molar-refractivity contribution in [3.8, 4) is 5.75 Å². The van der Waals surface area contributed by atoms with Crippen LogP contribution in [0.25, 0.3) is 10.8 Å². The average molecular weight is 231 g/mol. The number of carbonyl (C=O) groups excluding carboxylic acids is 1. The molecule has 0 aliphatic carbocycles. The lowest BCUT2D eigenvalue weighted by Crippen LogP contribution is -2.03. The molecule has 0 saturated carbocycles. The van der Waals surface area contributed by atoms with Gasteiger partial charge in [-0.15, -0.1) is 0 Å². The maximum absolute atomic E-state index is 11.6. The molecule has 2 N–H and O–H groups in total. The fourth-order valence-electron chi connectivity index (χ4n) is 1.76. The minimum Gasteiger partial charge on any atom is -0.497 e. The van der Waals surface area contributed by atoms with E-state index in [2.05, 4.69) is 0 Å². The number of nitrogen functional groups attached to an aromatic ring is 1. The average Bonchev–Trinajstić information content (AvgIpc) is 2.38. The molecule has 0 fully saturated rings. The second-order valence-electron chi connectivity index (χ2n) is 3.61. The van der Waals surface area contributed by atoms with Gasteiger partial charge in [0, 0.05) is 11.1 Å². The van der Waals surface area contributed by atoms with Crippen LogP contribution in [0.1, 0.15) is 10.4 Å². The van der Waals surface area contributed by atoms with Gasteiger partial charge in [-0.2, -0.15) is 0 Å². The molecule has 0 unspecified atom stereocenters. The summed E-state index contributed by atoms with van der Waals surface area (Å²) in [6.07, 6.45) is 0. The molecule has 4 nitrogen and oxygen atoms in total. The number of methoxy groups -OCH3 is 2. The van der Waals surface area contributed by atoms with Crippen LogP contribution in [0.15, 0.2) is 30.3 Å². The van der Waals surface area contributed by atoms with Gasteiger partial charge in [0.15, 0.2) is 0 Å². The van der Waals surface area contributed by atoms with E-state index in [-0.39, 0.29) is 5.97 Å². The maximum atomic E-state index is 11.6. The van der Waals surface area contributed by atoms with Gasteiger partial charge in [0.1, 0.15) is 5.75 Å². The highest BCUT2D eigenvalue weighted by Gasteiger charge is 2.12. The highest BCUT2D eigenvalue weighted by molar-refractivity contribution is 6.08. The van der Waals surface area contributed by atoms with Gasteiger partial charge in [0.05, 0.1) is 19.8 Å². The van der Waals surface area contributed by atoms with E-state index in [1.165, 1.54) is 7.11 Å². The minimum atomic E-state index is -0.375. The van der Waals surface area contributed by atoms with E-state index in [0.29, 0.717) is 17.0 Å². The van der Waals surface area contributed by atoms with Gasteiger partial charge in [-0.25, -0.2) is 4.79 Å². The number of rotatable bonds is 2. The third-order valence-electron chi connectivity index (χ3n) is 2.66. The summed E-state index contributed by atoms with van der Waals surface area (Å²) >= 11 is 0. The van der Waals surface area contributed by atoms with Crippen LogP contribution in [0.5, 0.6) is 5.75 Å². The number of carbonyl (C=O) groups is 1. The van der Waals surface area contributed by atoms with Crippen LogP contribution in [0.4, 0.5) is 5.69 Å². The van der Waals surface area contributed by atoms with E-state index < -0.39 is 0 Å². The molecule has 0 aromatic heterocycles. The molecule has 0 saturated heterocycles. The van der Waals surface area contributed by atoms with Crippen LogP contribution in [-0.4, -0.2) is 20.2 Å². The van der Waals surface area contributed by atoms with Gasteiger partial charge in [-0.3, -0.25) is 0 Å². The third kappa shape index (κ3) is 1.89. The second-order valence-corrected chi connectivity index (χ2v) is 3.61. The number of anilines is 1. The number of benzene rings is 2. The molecule has 0 bridgehead atoms. The second kappa shape index (κ2) is 4.33. The molecule has 88 valence electrons. The molecule has 4 heteroatoms. The first-order valence-corrected chi connectivity index (χ1v) is 5.12. The van der Waals surface area contributed by atoms with Crippen molar-refractivity contribution in [2.24, 2.45) is 0 Å². The predicted molar refractivity (Wildman–Crippen MR) is 66.3 cm³/mol. The number of esters is 1. The van der Waals surface area contributed by atoms with Crippen molar-refractivity contribution in [2.45, 2.75) is 0 Å². The summed E-state index contributed by atoms with van der Waals surface area (Å²) in [5.74, 6) is 0.325. The maximum Gasteiger partial charge on any atom is 0.338 e. The van der Waals surface area contributed by atoms with E-state index >= 15 is 0 Å². The van der Waals surface area contributed by atoms with Crippen molar-refractivity contribution >= 4 is 22.4 Å². The largest absolute Gasteiger partial charge is 0.497 e. The van der Waals surface area contributed by atoms with Gasteiger partial charge >= 0.3 is 5.97 Å². The van der Waals surface area contributed by atoms with Crippen molar-refractivity contribution < 1.29 is 14.3 Å².